The van der Waals surface area contributed by atoms with Gasteiger partial charge in [-0.05, 0) is 67.8 Å². The third-order valence-corrected chi connectivity index (χ3v) is 6.67. The van der Waals surface area contributed by atoms with E-state index in [9.17, 15) is 13.6 Å². The molecule has 0 atom stereocenters. The van der Waals surface area contributed by atoms with Crippen LogP contribution in [0.2, 0.25) is 0 Å². The highest BCUT2D eigenvalue weighted by Crippen LogP contribution is 2.42. The summed E-state index contributed by atoms with van der Waals surface area (Å²) in [6.07, 6.45) is 8.27. The van der Waals surface area contributed by atoms with Crippen molar-refractivity contribution in [2.24, 2.45) is 11.3 Å². The number of rotatable bonds is 4. The molecule has 0 aromatic heterocycles. The zero-order valence-corrected chi connectivity index (χ0v) is 15.4. The lowest BCUT2D eigenvalue weighted by atomic mass is 9.77. The van der Waals surface area contributed by atoms with Crippen molar-refractivity contribution in [1.82, 2.24) is 9.80 Å². The van der Waals surface area contributed by atoms with Gasteiger partial charge in [-0.2, -0.15) is 0 Å². The SMILES string of the molecule is O=C1CC2(CCN(CC3CCCC3)CC2)CN1Cc1ccc(F)c(F)c1. The molecule has 26 heavy (non-hydrogen) atoms. The van der Waals surface area contributed by atoms with Crippen molar-refractivity contribution in [2.75, 3.05) is 26.2 Å². The number of carbonyl (C=O) groups excluding carboxylic acids is 1. The van der Waals surface area contributed by atoms with Crippen LogP contribution in [0.25, 0.3) is 0 Å². The van der Waals surface area contributed by atoms with E-state index in [1.54, 1.807) is 6.07 Å². The van der Waals surface area contributed by atoms with Crippen molar-refractivity contribution in [3.05, 3.63) is 35.4 Å². The van der Waals surface area contributed by atoms with Crippen LogP contribution in [0.4, 0.5) is 8.78 Å². The molecule has 5 heteroatoms. The van der Waals surface area contributed by atoms with Crippen LogP contribution in [0.3, 0.4) is 0 Å². The Morgan fingerprint density at radius 3 is 2.50 bits per heavy atom. The highest BCUT2D eigenvalue weighted by molar-refractivity contribution is 5.79. The number of amides is 1. The Hall–Kier alpha value is -1.49. The minimum Gasteiger partial charge on any atom is -0.338 e. The topological polar surface area (TPSA) is 23.6 Å². The Kier molecular flexibility index (Phi) is 5.00. The van der Waals surface area contributed by atoms with Gasteiger partial charge in [-0.1, -0.05) is 18.9 Å². The quantitative estimate of drug-likeness (QED) is 0.809. The lowest BCUT2D eigenvalue weighted by molar-refractivity contribution is -0.128. The van der Waals surface area contributed by atoms with Gasteiger partial charge in [-0.3, -0.25) is 4.79 Å². The molecule has 142 valence electrons. The van der Waals surface area contributed by atoms with Gasteiger partial charge in [-0.25, -0.2) is 8.78 Å². The van der Waals surface area contributed by atoms with Gasteiger partial charge in [-0.15, -0.1) is 0 Å². The van der Waals surface area contributed by atoms with E-state index in [2.05, 4.69) is 4.90 Å². The summed E-state index contributed by atoms with van der Waals surface area (Å²) in [6, 6.07) is 3.92. The second-order valence-corrected chi connectivity index (χ2v) is 8.63. The van der Waals surface area contributed by atoms with Gasteiger partial charge >= 0.3 is 0 Å². The number of benzene rings is 1. The molecule has 3 nitrogen and oxygen atoms in total. The second-order valence-electron chi connectivity index (χ2n) is 8.63. The molecule has 3 fully saturated rings. The number of likely N-dealkylation sites (tertiary alicyclic amines) is 2. The molecular weight excluding hydrogens is 334 g/mol. The molecule has 0 radical (unpaired) electrons. The van der Waals surface area contributed by atoms with Crippen molar-refractivity contribution in [1.29, 1.82) is 0 Å². The van der Waals surface area contributed by atoms with Crippen LogP contribution in [0.1, 0.15) is 50.5 Å². The van der Waals surface area contributed by atoms with E-state index in [1.165, 1.54) is 38.3 Å². The molecule has 1 aromatic carbocycles. The first-order valence-electron chi connectivity index (χ1n) is 9.97. The van der Waals surface area contributed by atoms with Crippen molar-refractivity contribution in [2.45, 2.75) is 51.5 Å². The van der Waals surface area contributed by atoms with Crippen LogP contribution in [0.5, 0.6) is 0 Å². The highest BCUT2D eigenvalue weighted by atomic mass is 19.2. The maximum absolute atomic E-state index is 13.4. The van der Waals surface area contributed by atoms with Gasteiger partial charge in [0, 0.05) is 26.1 Å². The van der Waals surface area contributed by atoms with Gasteiger partial charge in [0.05, 0.1) is 0 Å². The van der Waals surface area contributed by atoms with Crippen molar-refractivity contribution < 1.29 is 13.6 Å². The molecule has 2 heterocycles. The predicted octanol–water partition coefficient (Wildman–Crippen LogP) is 3.97. The monoisotopic (exact) mass is 362 g/mol. The van der Waals surface area contributed by atoms with Crippen molar-refractivity contribution >= 4 is 5.91 Å². The lowest BCUT2D eigenvalue weighted by Gasteiger charge is -2.39. The normalized spacial score (nSPS) is 24.1. The Bertz CT molecular complexity index is 664. The number of hydrogen-bond acceptors (Lipinski definition) is 2. The zero-order valence-electron chi connectivity index (χ0n) is 15.4. The number of hydrogen-bond donors (Lipinski definition) is 0. The van der Waals surface area contributed by atoms with E-state index in [0.29, 0.717) is 18.5 Å². The fraction of sp³-hybridized carbons (Fsp3) is 0.667. The average molecular weight is 362 g/mol. The summed E-state index contributed by atoms with van der Waals surface area (Å²) in [4.78, 5) is 16.9. The molecule has 2 saturated heterocycles. The number of halogens is 2. The molecule has 0 unspecified atom stereocenters. The van der Waals surface area contributed by atoms with E-state index in [0.717, 1.165) is 44.5 Å². The smallest absolute Gasteiger partial charge is 0.223 e. The lowest BCUT2D eigenvalue weighted by Crippen LogP contribution is -2.43. The van der Waals surface area contributed by atoms with Crippen LogP contribution in [-0.4, -0.2) is 41.9 Å². The number of piperidine rings is 1. The van der Waals surface area contributed by atoms with Gasteiger partial charge in [0.25, 0.3) is 0 Å². The largest absolute Gasteiger partial charge is 0.338 e. The second kappa shape index (κ2) is 7.26. The minimum atomic E-state index is -0.843. The van der Waals surface area contributed by atoms with Crippen LogP contribution >= 0.6 is 0 Å². The van der Waals surface area contributed by atoms with Gasteiger partial charge in [0.15, 0.2) is 11.6 Å². The Labute approximate surface area is 154 Å². The van der Waals surface area contributed by atoms with Gasteiger partial charge < -0.3 is 9.80 Å². The molecule has 1 aliphatic carbocycles. The van der Waals surface area contributed by atoms with E-state index in [1.807, 2.05) is 4.90 Å². The van der Waals surface area contributed by atoms with E-state index in [4.69, 9.17) is 0 Å². The molecule has 4 rings (SSSR count). The summed E-state index contributed by atoms with van der Waals surface area (Å²) >= 11 is 0. The average Bonchev–Trinajstić information content (AvgIpc) is 3.22. The third-order valence-electron chi connectivity index (χ3n) is 6.67. The maximum atomic E-state index is 13.4. The summed E-state index contributed by atoms with van der Waals surface area (Å²) in [5.41, 5.74) is 0.745. The first-order valence-corrected chi connectivity index (χ1v) is 9.97. The summed E-state index contributed by atoms with van der Waals surface area (Å²) in [6.45, 7) is 4.53. The van der Waals surface area contributed by atoms with Crippen LogP contribution in [0, 0.1) is 23.0 Å². The molecule has 0 bridgehead atoms. The van der Waals surface area contributed by atoms with Crippen LogP contribution in [-0.2, 0) is 11.3 Å². The minimum absolute atomic E-state index is 0.0852. The summed E-state index contributed by atoms with van der Waals surface area (Å²) in [5, 5.41) is 0. The molecule has 0 N–H and O–H groups in total. The molecule has 3 aliphatic rings. The number of carbonyl (C=O) groups is 1. The summed E-state index contributed by atoms with van der Waals surface area (Å²) in [7, 11) is 0. The molecule has 1 saturated carbocycles. The fourth-order valence-electron chi connectivity index (χ4n) is 5.09. The fourth-order valence-corrected chi connectivity index (χ4v) is 5.09. The van der Waals surface area contributed by atoms with Gasteiger partial charge in [0.2, 0.25) is 5.91 Å². The molecule has 1 spiro atoms. The van der Waals surface area contributed by atoms with E-state index in [-0.39, 0.29) is 11.3 Å². The maximum Gasteiger partial charge on any atom is 0.223 e. The van der Waals surface area contributed by atoms with Gasteiger partial charge in [0.1, 0.15) is 0 Å². The molecule has 1 amide bonds. The molecular formula is C21H28F2N2O. The molecule has 1 aromatic rings. The standard InChI is InChI=1S/C21H28F2N2O/c22-18-6-5-17(11-19(18)23)14-25-15-21(12-20(25)26)7-9-24(10-8-21)13-16-3-1-2-4-16/h5-6,11,16H,1-4,7-10,12-15H2. The number of nitrogens with zero attached hydrogens (tertiary/aromatic N) is 2. The Balaban J connectivity index is 1.33. The predicted molar refractivity (Wildman–Crippen MR) is 96.5 cm³/mol. The summed E-state index contributed by atoms with van der Waals surface area (Å²) in [5.74, 6) is -0.658. The zero-order chi connectivity index (χ0) is 18.1. The first kappa shape index (κ1) is 17.9. The van der Waals surface area contributed by atoms with E-state index < -0.39 is 11.6 Å². The molecule has 2 aliphatic heterocycles. The van der Waals surface area contributed by atoms with Crippen LogP contribution in [0.15, 0.2) is 18.2 Å². The Morgan fingerprint density at radius 2 is 1.81 bits per heavy atom. The highest BCUT2D eigenvalue weighted by Gasteiger charge is 2.44. The van der Waals surface area contributed by atoms with Crippen LogP contribution < -0.4 is 0 Å². The summed E-state index contributed by atoms with van der Waals surface area (Å²) < 4.78 is 26.5. The third kappa shape index (κ3) is 3.78. The van der Waals surface area contributed by atoms with Crippen molar-refractivity contribution in [3.63, 3.8) is 0 Å². The van der Waals surface area contributed by atoms with E-state index >= 15 is 0 Å². The van der Waals surface area contributed by atoms with Crippen molar-refractivity contribution in [3.8, 4) is 0 Å². The Morgan fingerprint density at radius 1 is 1.08 bits per heavy atom. The first-order chi connectivity index (χ1) is 12.5.